The van der Waals surface area contributed by atoms with Gasteiger partial charge in [-0.15, -0.1) is 0 Å². The van der Waals surface area contributed by atoms with Crippen LogP contribution >= 0.6 is 0 Å². The molecule has 2 aromatic heterocycles. The van der Waals surface area contributed by atoms with Gasteiger partial charge in [-0.3, -0.25) is 19.5 Å². The summed E-state index contributed by atoms with van der Waals surface area (Å²) in [5.41, 5.74) is 12.2. The van der Waals surface area contributed by atoms with Gasteiger partial charge in [-0.25, -0.2) is 9.37 Å². The molecule has 0 radical (unpaired) electrons. The average molecular weight is 599 g/mol. The van der Waals surface area contributed by atoms with Gasteiger partial charge in [0.25, 0.3) is 0 Å². The van der Waals surface area contributed by atoms with Gasteiger partial charge >= 0.3 is 5.97 Å². The molecule has 1 aliphatic heterocycles. The molecule has 3 heterocycles. The summed E-state index contributed by atoms with van der Waals surface area (Å²) < 4.78 is 13.7. The topological polar surface area (TPSA) is 125 Å². The fourth-order valence-corrected chi connectivity index (χ4v) is 6.56. The van der Waals surface area contributed by atoms with Crippen molar-refractivity contribution in [2.45, 2.75) is 64.0 Å². The Morgan fingerprint density at radius 3 is 2.73 bits per heavy atom. The largest absolute Gasteiger partial charge is 0.480 e. The molecule has 1 fully saturated rings. The number of amides is 1. The van der Waals surface area contributed by atoms with Gasteiger partial charge in [0.15, 0.2) is 0 Å². The Morgan fingerprint density at radius 2 is 1.86 bits per heavy atom. The monoisotopic (exact) mass is 598 g/mol. The van der Waals surface area contributed by atoms with Crippen molar-refractivity contribution in [2.75, 3.05) is 37.2 Å². The molecule has 9 nitrogen and oxygen atoms in total. The number of pyridine rings is 2. The molecule has 0 spiro atoms. The van der Waals surface area contributed by atoms with E-state index in [4.69, 9.17) is 10.7 Å². The van der Waals surface area contributed by atoms with E-state index in [-0.39, 0.29) is 18.1 Å². The summed E-state index contributed by atoms with van der Waals surface area (Å²) in [4.78, 5) is 38.2. The second-order valence-corrected chi connectivity index (χ2v) is 11.9. The van der Waals surface area contributed by atoms with Crippen molar-refractivity contribution in [3.63, 3.8) is 0 Å². The Morgan fingerprint density at radius 1 is 1.02 bits per heavy atom. The van der Waals surface area contributed by atoms with Gasteiger partial charge in [0.05, 0.1) is 22.4 Å². The average Bonchev–Trinajstić information content (AvgIpc) is 3.02. The predicted octanol–water partition coefficient (Wildman–Crippen LogP) is 5.15. The number of fused-ring (bicyclic) bond motifs is 3. The number of nitrogen functional groups attached to an aromatic ring is 1. The van der Waals surface area contributed by atoms with E-state index in [0.717, 1.165) is 44.2 Å². The van der Waals surface area contributed by atoms with E-state index in [1.165, 1.54) is 47.3 Å². The van der Waals surface area contributed by atoms with Gasteiger partial charge in [0.1, 0.15) is 11.9 Å². The third kappa shape index (κ3) is 6.45. The number of carbonyl (C=O) groups is 2. The molecule has 2 aliphatic rings. The van der Waals surface area contributed by atoms with Crippen LogP contribution in [0.3, 0.4) is 0 Å². The van der Waals surface area contributed by atoms with Crippen LogP contribution in [0.5, 0.6) is 0 Å². The van der Waals surface area contributed by atoms with Crippen molar-refractivity contribution >= 4 is 45.1 Å². The number of aromatic nitrogens is 2. The van der Waals surface area contributed by atoms with Crippen LogP contribution in [0.1, 0.15) is 55.5 Å². The number of hydrogen-bond acceptors (Lipinski definition) is 7. The third-order valence-electron chi connectivity index (χ3n) is 8.88. The molecular formula is C34H39FN6O3. The number of piperazine rings is 1. The highest BCUT2D eigenvalue weighted by molar-refractivity contribution is 5.93. The Kier molecular flexibility index (Phi) is 8.88. The zero-order chi connectivity index (χ0) is 30.6. The highest BCUT2D eigenvalue weighted by atomic mass is 19.1. The van der Waals surface area contributed by atoms with E-state index in [1.807, 2.05) is 11.0 Å². The second-order valence-electron chi connectivity index (χ2n) is 11.9. The van der Waals surface area contributed by atoms with Crippen LogP contribution in [0, 0.1) is 5.82 Å². The van der Waals surface area contributed by atoms with Crippen molar-refractivity contribution in [1.29, 1.82) is 0 Å². The molecule has 230 valence electrons. The number of hydrogen-bond donors (Lipinski definition) is 3. The van der Waals surface area contributed by atoms with Gasteiger partial charge in [-0.1, -0.05) is 30.7 Å². The van der Waals surface area contributed by atoms with Gasteiger partial charge in [-0.05, 0) is 68.4 Å². The molecule has 0 saturated carbocycles. The Balaban J connectivity index is 0.989. The first kappa shape index (κ1) is 29.7. The maximum atomic E-state index is 13.7. The zero-order valence-electron chi connectivity index (χ0n) is 24.9. The van der Waals surface area contributed by atoms with Gasteiger partial charge in [0.2, 0.25) is 5.91 Å². The molecule has 1 saturated heterocycles. The van der Waals surface area contributed by atoms with E-state index < -0.39 is 17.8 Å². The van der Waals surface area contributed by atoms with Crippen molar-refractivity contribution in [3.05, 3.63) is 71.3 Å². The first-order chi connectivity index (χ1) is 21.4. The standard InChI is InChI=1S/C34H39FN6O3/c35-23-18-22-13-14-24(38-32(22)27(36)19-23)20-40-16-17-41(21-30(40)34(43)44)31(42)12-2-1-7-15-37-33-25-8-3-5-10-28(25)39-29-11-6-4-9-26(29)33/h3,5,8,10,13-14,18-19,30H,1-2,4,6-7,9,11-12,15-17,20-21,36H2,(H,37,39)(H,43,44). The lowest BCUT2D eigenvalue weighted by molar-refractivity contribution is -0.149. The SMILES string of the molecule is Nc1cc(F)cc2ccc(CN3CCN(C(=O)CCCCCNc4c5c(nc6ccccc46)CCCC5)CC3C(=O)O)nc12. The lowest BCUT2D eigenvalue weighted by Crippen LogP contribution is -2.57. The molecular weight excluding hydrogens is 559 g/mol. The number of carboxylic acid groups (broad SMARTS) is 1. The van der Waals surface area contributed by atoms with E-state index in [0.29, 0.717) is 42.7 Å². The van der Waals surface area contributed by atoms with Gasteiger partial charge in [0, 0.05) is 61.3 Å². The number of carbonyl (C=O) groups excluding carboxylic acids is 1. The molecule has 6 rings (SSSR count). The van der Waals surface area contributed by atoms with Crippen LogP contribution in [-0.2, 0) is 29.0 Å². The fraction of sp³-hybridized carbons (Fsp3) is 0.412. The highest BCUT2D eigenvalue weighted by Gasteiger charge is 2.34. The molecule has 1 unspecified atom stereocenters. The summed E-state index contributed by atoms with van der Waals surface area (Å²) in [6.45, 7) is 2.16. The number of nitrogens with two attached hydrogens (primary N) is 1. The third-order valence-corrected chi connectivity index (χ3v) is 8.88. The van der Waals surface area contributed by atoms with Crippen LogP contribution in [-0.4, -0.2) is 69.0 Å². The number of rotatable bonds is 10. The molecule has 2 aromatic carbocycles. The molecule has 0 bridgehead atoms. The summed E-state index contributed by atoms with van der Waals surface area (Å²) in [5.74, 6) is -1.40. The number of unbranched alkanes of at least 4 members (excludes halogenated alkanes) is 2. The summed E-state index contributed by atoms with van der Waals surface area (Å²) in [5, 5.41) is 15.4. The zero-order valence-corrected chi connectivity index (χ0v) is 24.9. The minimum Gasteiger partial charge on any atom is -0.480 e. The van der Waals surface area contributed by atoms with Crippen molar-refractivity contribution in [2.24, 2.45) is 0 Å². The summed E-state index contributed by atoms with van der Waals surface area (Å²) in [6.07, 6.45) is 7.49. The lowest BCUT2D eigenvalue weighted by atomic mass is 9.92. The quantitative estimate of drug-likeness (QED) is 0.169. The number of aliphatic carboxylic acids is 1. The number of nitrogens with one attached hydrogen (secondary N) is 1. The molecule has 10 heteroatoms. The van der Waals surface area contributed by atoms with Crippen LogP contribution in [0.25, 0.3) is 21.8 Å². The summed E-state index contributed by atoms with van der Waals surface area (Å²) >= 11 is 0. The summed E-state index contributed by atoms with van der Waals surface area (Å²) in [6, 6.07) is 13.6. The Hall–Kier alpha value is -4.31. The van der Waals surface area contributed by atoms with E-state index in [1.54, 1.807) is 17.0 Å². The Labute approximate surface area is 256 Å². The van der Waals surface area contributed by atoms with E-state index >= 15 is 0 Å². The number of anilines is 2. The van der Waals surface area contributed by atoms with Crippen LogP contribution in [0.15, 0.2) is 48.5 Å². The van der Waals surface area contributed by atoms with Crippen molar-refractivity contribution in [3.8, 4) is 0 Å². The number of benzene rings is 2. The summed E-state index contributed by atoms with van der Waals surface area (Å²) in [7, 11) is 0. The molecule has 1 aliphatic carbocycles. The maximum absolute atomic E-state index is 13.7. The first-order valence-electron chi connectivity index (χ1n) is 15.6. The lowest BCUT2D eigenvalue weighted by Gasteiger charge is -2.39. The molecule has 44 heavy (non-hydrogen) atoms. The van der Waals surface area contributed by atoms with Crippen molar-refractivity contribution < 1.29 is 19.1 Å². The molecule has 1 amide bonds. The smallest absolute Gasteiger partial charge is 0.322 e. The molecule has 4 aromatic rings. The minimum atomic E-state index is -0.971. The molecule has 4 N–H and O–H groups in total. The normalized spacial score (nSPS) is 17.1. The number of carboxylic acids is 1. The predicted molar refractivity (Wildman–Crippen MR) is 170 cm³/mol. The fourth-order valence-electron chi connectivity index (χ4n) is 6.56. The Bertz CT molecular complexity index is 1700. The number of para-hydroxylation sites is 1. The maximum Gasteiger partial charge on any atom is 0.322 e. The number of aryl methyl sites for hydroxylation is 1. The minimum absolute atomic E-state index is 0.00307. The van der Waals surface area contributed by atoms with Crippen molar-refractivity contribution in [1.82, 2.24) is 19.8 Å². The van der Waals surface area contributed by atoms with E-state index in [9.17, 15) is 19.1 Å². The molecule has 1 atom stereocenters. The van der Waals surface area contributed by atoms with Crippen LogP contribution < -0.4 is 11.1 Å². The highest BCUT2D eigenvalue weighted by Crippen LogP contribution is 2.33. The second kappa shape index (κ2) is 13.1. The number of nitrogens with zero attached hydrogens (tertiary/aromatic N) is 4. The van der Waals surface area contributed by atoms with Crippen LogP contribution in [0.2, 0.25) is 0 Å². The first-order valence-corrected chi connectivity index (χ1v) is 15.6. The van der Waals surface area contributed by atoms with Gasteiger partial charge in [-0.2, -0.15) is 0 Å². The van der Waals surface area contributed by atoms with Gasteiger partial charge < -0.3 is 21.1 Å². The van der Waals surface area contributed by atoms with E-state index in [2.05, 4.69) is 28.5 Å². The van der Waals surface area contributed by atoms with Crippen LogP contribution in [0.4, 0.5) is 15.8 Å². The number of halogens is 1.